The smallest absolute Gasteiger partial charge is 0.150 e. The van der Waals surface area contributed by atoms with E-state index < -0.39 is 0 Å². The molecule has 0 unspecified atom stereocenters. The normalized spacial score (nSPS) is 9.38. The van der Waals surface area contributed by atoms with E-state index in [0.717, 1.165) is 11.9 Å². The summed E-state index contributed by atoms with van der Waals surface area (Å²) in [6, 6.07) is 4.78. The van der Waals surface area contributed by atoms with Gasteiger partial charge in [0.2, 0.25) is 0 Å². The van der Waals surface area contributed by atoms with Crippen LogP contribution in [0.3, 0.4) is 0 Å². The summed E-state index contributed by atoms with van der Waals surface area (Å²) in [5.74, 6) is 0.201. The lowest BCUT2D eigenvalue weighted by Crippen LogP contribution is -1.82. The van der Waals surface area contributed by atoms with Crippen molar-refractivity contribution in [3.63, 3.8) is 0 Å². The zero-order valence-corrected chi connectivity index (χ0v) is 7.74. The molecule has 0 fully saturated rings. The van der Waals surface area contributed by atoms with Crippen LogP contribution in [-0.2, 0) is 0 Å². The lowest BCUT2D eigenvalue weighted by molar-refractivity contribution is 0.112. The summed E-state index contributed by atoms with van der Waals surface area (Å²) in [6.45, 7) is 3.88. The van der Waals surface area contributed by atoms with E-state index in [1.807, 2.05) is 19.9 Å². The van der Waals surface area contributed by atoms with Crippen LogP contribution in [-0.4, -0.2) is 11.4 Å². The van der Waals surface area contributed by atoms with Gasteiger partial charge in [0.05, 0.1) is 0 Å². The van der Waals surface area contributed by atoms with Crippen LogP contribution in [0.1, 0.15) is 29.8 Å². The van der Waals surface area contributed by atoms with Crippen molar-refractivity contribution in [3.05, 3.63) is 34.9 Å². The molecule has 0 aliphatic carbocycles. The predicted octanol–water partition coefficient (Wildman–Crippen LogP) is 2.63. The van der Waals surface area contributed by atoms with Gasteiger partial charge in [-0.2, -0.15) is 0 Å². The monoisotopic (exact) mass is 176 g/mol. The number of hydrogen-bond acceptors (Lipinski definition) is 2. The first-order valence-corrected chi connectivity index (χ1v) is 4.06. The molecule has 1 rings (SSSR count). The molecule has 0 atom stereocenters. The summed E-state index contributed by atoms with van der Waals surface area (Å²) in [4.78, 5) is 10.5. The van der Waals surface area contributed by atoms with Crippen molar-refractivity contribution in [3.8, 4) is 5.75 Å². The SMILES string of the molecule is CC(C)=Cc1cc(C=O)ccc1O. The third-order valence-electron chi connectivity index (χ3n) is 1.63. The molecular formula is C11H12O2. The molecule has 13 heavy (non-hydrogen) atoms. The third-order valence-corrected chi connectivity index (χ3v) is 1.63. The first-order chi connectivity index (χ1) is 6.13. The quantitative estimate of drug-likeness (QED) is 0.703. The Labute approximate surface area is 77.5 Å². The van der Waals surface area contributed by atoms with Gasteiger partial charge >= 0.3 is 0 Å². The Kier molecular flexibility index (Phi) is 2.85. The highest BCUT2D eigenvalue weighted by Crippen LogP contribution is 2.20. The predicted molar refractivity (Wildman–Crippen MR) is 52.8 cm³/mol. The molecule has 0 heterocycles. The maximum atomic E-state index is 10.5. The summed E-state index contributed by atoms with van der Waals surface area (Å²) in [5, 5.41) is 9.42. The van der Waals surface area contributed by atoms with E-state index in [4.69, 9.17) is 0 Å². The second-order valence-electron chi connectivity index (χ2n) is 3.16. The van der Waals surface area contributed by atoms with Crippen molar-refractivity contribution in [2.75, 3.05) is 0 Å². The molecule has 0 saturated heterocycles. The molecule has 2 nitrogen and oxygen atoms in total. The fourth-order valence-corrected chi connectivity index (χ4v) is 1.07. The van der Waals surface area contributed by atoms with Crippen molar-refractivity contribution in [2.45, 2.75) is 13.8 Å². The minimum atomic E-state index is 0.201. The number of hydrogen-bond donors (Lipinski definition) is 1. The first-order valence-electron chi connectivity index (χ1n) is 4.06. The summed E-state index contributed by atoms with van der Waals surface area (Å²) in [5.41, 5.74) is 2.34. The molecule has 0 spiro atoms. The van der Waals surface area contributed by atoms with E-state index in [-0.39, 0.29) is 5.75 Å². The number of benzene rings is 1. The van der Waals surface area contributed by atoms with Crippen molar-refractivity contribution in [1.82, 2.24) is 0 Å². The Morgan fingerprint density at radius 3 is 2.62 bits per heavy atom. The highest BCUT2D eigenvalue weighted by molar-refractivity contribution is 5.77. The second kappa shape index (κ2) is 3.90. The van der Waals surface area contributed by atoms with Gasteiger partial charge in [0.25, 0.3) is 0 Å². The Morgan fingerprint density at radius 2 is 2.08 bits per heavy atom. The molecule has 0 aliphatic heterocycles. The molecule has 0 saturated carbocycles. The molecule has 1 N–H and O–H groups in total. The molecule has 0 amide bonds. The van der Waals surface area contributed by atoms with E-state index in [0.29, 0.717) is 11.1 Å². The number of phenols is 1. The van der Waals surface area contributed by atoms with Gasteiger partial charge in [-0.15, -0.1) is 0 Å². The van der Waals surface area contributed by atoms with E-state index in [1.54, 1.807) is 12.1 Å². The van der Waals surface area contributed by atoms with E-state index in [9.17, 15) is 9.90 Å². The molecule has 0 aliphatic rings. The van der Waals surface area contributed by atoms with Crippen LogP contribution in [0, 0.1) is 0 Å². The Hall–Kier alpha value is -1.57. The van der Waals surface area contributed by atoms with Crippen LogP contribution in [0.25, 0.3) is 6.08 Å². The number of aldehydes is 1. The number of phenolic OH excluding ortho intramolecular Hbond substituents is 1. The van der Waals surface area contributed by atoms with Crippen LogP contribution in [0.2, 0.25) is 0 Å². The fraction of sp³-hybridized carbons (Fsp3) is 0.182. The van der Waals surface area contributed by atoms with Gasteiger partial charge in [0, 0.05) is 11.1 Å². The molecule has 0 aromatic heterocycles. The van der Waals surface area contributed by atoms with Crippen LogP contribution in [0.4, 0.5) is 0 Å². The summed E-state index contributed by atoms with van der Waals surface area (Å²) >= 11 is 0. The largest absolute Gasteiger partial charge is 0.507 e. The zero-order valence-electron chi connectivity index (χ0n) is 7.74. The van der Waals surface area contributed by atoms with Gasteiger partial charge in [-0.3, -0.25) is 4.79 Å². The topological polar surface area (TPSA) is 37.3 Å². The van der Waals surface area contributed by atoms with E-state index in [2.05, 4.69) is 0 Å². The lowest BCUT2D eigenvalue weighted by atomic mass is 10.1. The van der Waals surface area contributed by atoms with Crippen molar-refractivity contribution in [2.24, 2.45) is 0 Å². The minimum Gasteiger partial charge on any atom is -0.507 e. The van der Waals surface area contributed by atoms with Crippen LogP contribution in [0.5, 0.6) is 5.75 Å². The van der Waals surface area contributed by atoms with Crippen molar-refractivity contribution >= 4 is 12.4 Å². The Balaban J connectivity index is 3.18. The third kappa shape index (κ3) is 2.44. The fourth-order valence-electron chi connectivity index (χ4n) is 1.07. The molecule has 68 valence electrons. The average Bonchev–Trinajstić information content (AvgIpc) is 2.08. The maximum Gasteiger partial charge on any atom is 0.150 e. The van der Waals surface area contributed by atoms with E-state index in [1.165, 1.54) is 6.07 Å². The Bertz CT molecular complexity index is 347. The number of carbonyl (C=O) groups excluding carboxylic acids is 1. The van der Waals surface area contributed by atoms with Crippen LogP contribution in [0.15, 0.2) is 23.8 Å². The van der Waals surface area contributed by atoms with Gasteiger partial charge in [-0.05, 0) is 32.0 Å². The molecule has 0 radical (unpaired) electrons. The van der Waals surface area contributed by atoms with Crippen molar-refractivity contribution < 1.29 is 9.90 Å². The number of rotatable bonds is 2. The summed E-state index contributed by atoms with van der Waals surface area (Å²) in [6.07, 6.45) is 2.60. The van der Waals surface area contributed by atoms with Crippen LogP contribution >= 0.6 is 0 Å². The lowest BCUT2D eigenvalue weighted by Gasteiger charge is -2.00. The number of allylic oxidation sites excluding steroid dienone is 1. The van der Waals surface area contributed by atoms with Gasteiger partial charge in [0.15, 0.2) is 0 Å². The first kappa shape index (κ1) is 9.52. The van der Waals surface area contributed by atoms with Gasteiger partial charge < -0.3 is 5.11 Å². The second-order valence-corrected chi connectivity index (χ2v) is 3.16. The van der Waals surface area contributed by atoms with Gasteiger partial charge in [-0.25, -0.2) is 0 Å². The average molecular weight is 176 g/mol. The number of carbonyl (C=O) groups is 1. The van der Waals surface area contributed by atoms with Crippen LogP contribution < -0.4 is 0 Å². The molecule has 0 bridgehead atoms. The van der Waals surface area contributed by atoms with Gasteiger partial charge in [0.1, 0.15) is 12.0 Å². The van der Waals surface area contributed by atoms with Crippen molar-refractivity contribution in [1.29, 1.82) is 0 Å². The zero-order chi connectivity index (χ0) is 9.84. The standard InChI is InChI=1S/C11H12O2/c1-8(2)5-10-6-9(7-12)3-4-11(10)13/h3-7,13H,1-2H3. The summed E-state index contributed by atoms with van der Waals surface area (Å²) in [7, 11) is 0. The summed E-state index contributed by atoms with van der Waals surface area (Å²) < 4.78 is 0. The number of aromatic hydroxyl groups is 1. The molecule has 2 heteroatoms. The maximum absolute atomic E-state index is 10.5. The molecule has 1 aromatic rings. The highest BCUT2D eigenvalue weighted by Gasteiger charge is 1.98. The Morgan fingerprint density at radius 1 is 1.38 bits per heavy atom. The molecule has 1 aromatic carbocycles. The van der Waals surface area contributed by atoms with E-state index >= 15 is 0 Å². The minimum absolute atomic E-state index is 0.201. The molecular weight excluding hydrogens is 164 g/mol. The highest BCUT2D eigenvalue weighted by atomic mass is 16.3. The van der Waals surface area contributed by atoms with Gasteiger partial charge in [-0.1, -0.05) is 11.6 Å².